The predicted octanol–water partition coefficient (Wildman–Crippen LogP) is 3.03. The van der Waals surface area contributed by atoms with Gasteiger partial charge in [-0.15, -0.1) is 11.8 Å². The first-order valence-corrected chi connectivity index (χ1v) is 8.89. The molecular formula is C18H18N2O4S. The van der Waals surface area contributed by atoms with Gasteiger partial charge in [-0.3, -0.25) is 9.59 Å². The molecule has 0 spiro atoms. The minimum absolute atomic E-state index is 0.135. The van der Waals surface area contributed by atoms with E-state index in [4.69, 9.17) is 9.47 Å². The fourth-order valence-electron chi connectivity index (χ4n) is 2.24. The van der Waals surface area contributed by atoms with Crippen LogP contribution in [0.4, 0.5) is 11.4 Å². The molecule has 0 aromatic heterocycles. The van der Waals surface area contributed by atoms with Crippen LogP contribution < -0.4 is 20.1 Å². The Morgan fingerprint density at radius 2 is 1.52 bits per heavy atom. The smallest absolute Gasteiger partial charge is 0.234 e. The van der Waals surface area contributed by atoms with E-state index in [1.165, 1.54) is 11.8 Å². The summed E-state index contributed by atoms with van der Waals surface area (Å²) in [5.41, 5.74) is 2.52. The summed E-state index contributed by atoms with van der Waals surface area (Å²) in [6, 6.07) is 12.8. The minimum Gasteiger partial charge on any atom is -0.454 e. The molecule has 0 saturated carbocycles. The highest BCUT2D eigenvalue weighted by Gasteiger charge is 2.14. The largest absolute Gasteiger partial charge is 0.454 e. The summed E-state index contributed by atoms with van der Waals surface area (Å²) in [5, 5.41) is 5.57. The van der Waals surface area contributed by atoms with E-state index in [0.29, 0.717) is 17.2 Å². The zero-order valence-electron chi connectivity index (χ0n) is 13.7. The summed E-state index contributed by atoms with van der Waals surface area (Å²) in [7, 11) is 0. The Bertz CT molecular complexity index is 777. The van der Waals surface area contributed by atoms with Crippen LogP contribution >= 0.6 is 11.8 Å². The van der Waals surface area contributed by atoms with Gasteiger partial charge in [0.2, 0.25) is 18.6 Å². The van der Waals surface area contributed by atoms with Crippen LogP contribution in [0.5, 0.6) is 11.5 Å². The highest BCUT2D eigenvalue weighted by molar-refractivity contribution is 8.00. The summed E-state index contributed by atoms with van der Waals surface area (Å²) in [6.07, 6.45) is 0. The van der Waals surface area contributed by atoms with E-state index < -0.39 is 0 Å². The van der Waals surface area contributed by atoms with Crippen LogP contribution in [0.2, 0.25) is 0 Å². The van der Waals surface area contributed by atoms with E-state index in [-0.39, 0.29) is 30.1 Å². The number of anilines is 2. The quantitative estimate of drug-likeness (QED) is 0.830. The third-order valence-corrected chi connectivity index (χ3v) is 4.39. The van der Waals surface area contributed by atoms with Gasteiger partial charge in [-0.1, -0.05) is 17.7 Å². The Balaban J connectivity index is 1.40. The monoisotopic (exact) mass is 358 g/mol. The standard InChI is InChI=1S/C18H18N2O4S/c1-12-2-4-13(5-3-12)19-17(21)9-25-10-18(22)20-14-6-7-15-16(8-14)24-11-23-15/h2-8H,9-11H2,1H3,(H,19,21)(H,20,22). The van der Waals surface area contributed by atoms with E-state index >= 15 is 0 Å². The number of thioether (sulfide) groups is 1. The number of rotatable bonds is 6. The molecule has 0 saturated heterocycles. The van der Waals surface area contributed by atoms with Crippen LogP contribution in [0.15, 0.2) is 42.5 Å². The molecule has 0 bridgehead atoms. The Labute approximate surface area is 149 Å². The number of amides is 2. The Morgan fingerprint density at radius 1 is 0.920 bits per heavy atom. The van der Waals surface area contributed by atoms with Crippen molar-refractivity contribution < 1.29 is 19.1 Å². The second kappa shape index (κ2) is 7.94. The molecule has 130 valence electrons. The van der Waals surface area contributed by atoms with Gasteiger partial charge < -0.3 is 20.1 Å². The lowest BCUT2D eigenvalue weighted by Gasteiger charge is -2.07. The van der Waals surface area contributed by atoms with E-state index in [2.05, 4.69) is 10.6 Å². The number of hydrogen-bond donors (Lipinski definition) is 2. The van der Waals surface area contributed by atoms with E-state index in [1.54, 1.807) is 18.2 Å². The van der Waals surface area contributed by atoms with Crippen molar-refractivity contribution in [3.63, 3.8) is 0 Å². The van der Waals surface area contributed by atoms with Crippen molar-refractivity contribution >= 4 is 35.0 Å². The van der Waals surface area contributed by atoms with Crippen molar-refractivity contribution in [3.8, 4) is 11.5 Å². The van der Waals surface area contributed by atoms with Crippen molar-refractivity contribution in [2.75, 3.05) is 28.9 Å². The fraction of sp³-hybridized carbons (Fsp3) is 0.222. The van der Waals surface area contributed by atoms with Crippen LogP contribution in [0.3, 0.4) is 0 Å². The number of carbonyl (C=O) groups is 2. The van der Waals surface area contributed by atoms with Gasteiger partial charge in [0.1, 0.15) is 0 Å². The van der Waals surface area contributed by atoms with E-state index in [9.17, 15) is 9.59 Å². The van der Waals surface area contributed by atoms with Crippen LogP contribution in [0.25, 0.3) is 0 Å². The van der Waals surface area contributed by atoms with E-state index in [0.717, 1.165) is 11.3 Å². The molecule has 0 fully saturated rings. The van der Waals surface area contributed by atoms with Crippen LogP contribution in [0, 0.1) is 6.92 Å². The maximum Gasteiger partial charge on any atom is 0.234 e. The Morgan fingerprint density at radius 3 is 2.24 bits per heavy atom. The number of ether oxygens (including phenoxy) is 2. The van der Waals surface area contributed by atoms with Gasteiger partial charge in [-0.25, -0.2) is 0 Å². The molecule has 0 radical (unpaired) electrons. The first-order valence-electron chi connectivity index (χ1n) is 7.74. The number of hydrogen-bond acceptors (Lipinski definition) is 5. The predicted molar refractivity (Wildman–Crippen MR) is 98.3 cm³/mol. The van der Waals surface area contributed by atoms with Crippen molar-refractivity contribution in [2.24, 2.45) is 0 Å². The second-order valence-electron chi connectivity index (χ2n) is 5.52. The number of benzene rings is 2. The van der Waals surface area contributed by atoms with Gasteiger partial charge in [-0.05, 0) is 31.2 Å². The summed E-state index contributed by atoms with van der Waals surface area (Å²) in [4.78, 5) is 23.8. The fourth-order valence-corrected chi connectivity index (χ4v) is 2.86. The van der Waals surface area contributed by atoms with Gasteiger partial charge in [0.05, 0.1) is 11.5 Å². The minimum atomic E-state index is -0.174. The zero-order valence-corrected chi connectivity index (χ0v) is 14.5. The third-order valence-electron chi connectivity index (χ3n) is 3.46. The molecular weight excluding hydrogens is 340 g/mol. The number of fused-ring (bicyclic) bond motifs is 1. The molecule has 2 aromatic rings. The zero-order chi connectivity index (χ0) is 17.6. The first-order chi connectivity index (χ1) is 12.1. The molecule has 2 amide bonds. The number of aryl methyl sites for hydroxylation is 1. The third kappa shape index (κ3) is 4.90. The number of nitrogens with one attached hydrogen (secondary N) is 2. The first kappa shape index (κ1) is 17.2. The molecule has 2 N–H and O–H groups in total. The highest BCUT2D eigenvalue weighted by Crippen LogP contribution is 2.34. The SMILES string of the molecule is Cc1ccc(NC(=O)CSCC(=O)Nc2ccc3c(c2)OCO3)cc1. The second-order valence-corrected chi connectivity index (χ2v) is 6.51. The van der Waals surface area contributed by atoms with Gasteiger partial charge in [0, 0.05) is 17.4 Å². The summed E-state index contributed by atoms with van der Waals surface area (Å²) >= 11 is 1.26. The normalized spacial score (nSPS) is 11.9. The molecule has 6 nitrogen and oxygen atoms in total. The Kier molecular flexibility index (Phi) is 5.45. The lowest BCUT2D eigenvalue weighted by Crippen LogP contribution is -2.18. The summed E-state index contributed by atoms with van der Waals surface area (Å²) in [5.74, 6) is 1.37. The molecule has 1 aliphatic rings. The number of carbonyl (C=O) groups excluding carboxylic acids is 2. The molecule has 0 aliphatic carbocycles. The van der Waals surface area contributed by atoms with Gasteiger partial charge in [-0.2, -0.15) is 0 Å². The van der Waals surface area contributed by atoms with Crippen LogP contribution in [-0.2, 0) is 9.59 Å². The summed E-state index contributed by atoms with van der Waals surface area (Å²) in [6.45, 7) is 2.18. The maximum absolute atomic E-state index is 12.0. The molecule has 0 unspecified atom stereocenters. The lowest BCUT2D eigenvalue weighted by molar-refractivity contribution is -0.114. The van der Waals surface area contributed by atoms with Crippen molar-refractivity contribution in [1.29, 1.82) is 0 Å². The van der Waals surface area contributed by atoms with Gasteiger partial charge in [0.25, 0.3) is 0 Å². The molecule has 3 rings (SSSR count). The average Bonchev–Trinajstić information content (AvgIpc) is 3.04. The summed E-state index contributed by atoms with van der Waals surface area (Å²) < 4.78 is 10.5. The molecule has 25 heavy (non-hydrogen) atoms. The van der Waals surface area contributed by atoms with Gasteiger partial charge in [0.15, 0.2) is 11.5 Å². The highest BCUT2D eigenvalue weighted by atomic mass is 32.2. The van der Waals surface area contributed by atoms with Crippen molar-refractivity contribution in [3.05, 3.63) is 48.0 Å². The van der Waals surface area contributed by atoms with Crippen LogP contribution in [-0.4, -0.2) is 30.1 Å². The maximum atomic E-state index is 12.0. The van der Waals surface area contributed by atoms with Crippen molar-refractivity contribution in [2.45, 2.75) is 6.92 Å². The molecule has 1 heterocycles. The molecule has 0 atom stereocenters. The van der Waals surface area contributed by atoms with E-state index in [1.807, 2.05) is 31.2 Å². The molecule has 7 heteroatoms. The average molecular weight is 358 g/mol. The topological polar surface area (TPSA) is 76.7 Å². The lowest BCUT2D eigenvalue weighted by atomic mass is 10.2. The molecule has 2 aromatic carbocycles. The Hall–Kier alpha value is -2.67. The van der Waals surface area contributed by atoms with Gasteiger partial charge >= 0.3 is 0 Å². The molecule has 1 aliphatic heterocycles. The van der Waals surface area contributed by atoms with Crippen LogP contribution in [0.1, 0.15) is 5.56 Å². The van der Waals surface area contributed by atoms with Crippen molar-refractivity contribution in [1.82, 2.24) is 0 Å².